The first kappa shape index (κ1) is 23.6. The van der Waals surface area contributed by atoms with Gasteiger partial charge < -0.3 is 25.2 Å². The van der Waals surface area contributed by atoms with E-state index in [1.807, 2.05) is 42.5 Å². The van der Waals surface area contributed by atoms with Crippen LogP contribution in [-0.4, -0.2) is 86.5 Å². The van der Waals surface area contributed by atoms with E-state index in [1.165, 1.54) is 0 Å². The molecule has 2 aliphatic heterocycles. The molecule has 34 heavy (non-hydrogen) atoms. The van der Waals surface area contributed by atoms with Gasteiger partial charge in [0.2, 0.25) is 17.7 Å². The van der Waals surface area contributed by atoms with Gasteiger partial charge in [-0.1, -0.05) is 30.3 Å². The Hall–Kier alpha value is -3.59. The molecule has 0 spiro atoms. The highest BCUT2D eigenvalue weighted by atomic mass is 16.5. The first-order chi connectivity index (χ1) is 16.5. The van der Waals surface area contributed by atoms with Gasteiger partial charge in [-0.15, -0.1) is 0 Å². The van der Waals surface area contributed by atoms with Crippen molar-refractivity contribution in [1.29, 1.82) is 0 Å². The highest BCUT2D eigenvalue weighted by molar-refractivity contribution is 5.97. The van der Waals surface area contributed by atoms with Gasteiger partial charge in [0, 0.05) is 45.0 Å². The van der Waals surface area contributed by atoms with Crippen LogP contribution in [0.4, 0.5) is 11.4 Å². The van der Waals surface area contributed by atoms with E-state index in [0.29, 0.717) is 18.8 Å². The zero-order valence-electron chi connectivity index (χ0n) is 19.4. The number of rotatable bonds is 7. The predicted octanol–water partition coefficient (Wildman–Crippen LogP) is 1.17. The molecule has 0 aromatic heterocycles. The summed E-state index contributed by atoms with van der Waals surface area (Å²) in [6, 6.07) is 16.2. The van der Waals surface area contributed by atoms with Gasteiger partial charge in [0.25, 0.3) is 0 Å². The monoisotopic (exact) mass is 465 g/mol. The molecular formula is C25H31N5O4. The molecule has 0 saturated carbocycles. The molecule has 2 fully saturated rings. The van der Waals surface area contributed by atoms with Crippen LogP contribution in [0.2, 0.25) is 0 Å². The molecule has 0 aliphatic carbocycles. The van der Waals surface area contributed by atoms with E-state index in [9.17, 15) is 14.4 Å². The number of piperazine rings is 2. The van der Waals surface area contributed by atoms with Crippen LogP contribution in [-0.2, 0) is 14.4 Å². The fourth-order valence-electron chi connectivity index (χ4n) is 4.45. The fraction of sp³-hybridized carbons (Fsp3) is 0.400. The highest BCUT2D eigenvalue weighted by Crippen LogP contribution is 2.28. The molecule has 3 amide bonds. The van der Waals surface area contributed by atoms with E-state index in [1.54, 1.807) is 24.1 Å². The average Bonchev–Trinajstić information content (AvgIpc) is 2.86. The topological polar surface area (TPSA) is 94.2 Å². The van der Waals surface area contributed by atoms with Crippen molar-refractivity contribution < 1.29 is 19.1 Å². The average molecular weight is 466 g/mol. The quantitative estimate of drug-likeness (QED) is 0.638. The lowest BCUT2D eigenvalue weighted by Crippen LogP contribution is -2.60. The molecule has 2 aliphatic rings. The second kappa shape index (κ2) is 11.0. The van der Waals surface area contributed by atoms with E-state index in [0.717, 1.165) is 37.6 Å². The van der Waals surface area contributed by atoms with Crippen molar-refractivity contribution in [3.05, 3.63) is 54.6 Å². The highest BCUT2D eigenvalue weighted by Gasteiger charge is 2.35. The molecule has 180 valence electrons. The molecule has 2 saturated heterocycles. The third-order valence-corrected chi connectivity index (χ3v) is 6.24. The van der Waals surface area contributed by atoms with Crippen LogP contribution in [0, 0.1) is 0 Å². The Bertz CT molecular complexity index is 1010. The number of amides is 3. The molecule has 9 nitrogen and oxygen atoms in total. The molecule has 1 atom stereocenters. The summed E-state index contributed by atoms with van der Waals surface area (Å²) in [7, 11) is 1.67. The summed E-state index contributed by atoms with van der Waals surface area (Å²) in [5.74, 6) is 0.126. The Balaban J connectivity index is 1.33. The maximum Gasteiger partial charge on any atom is 0.243 e. The number of ether oxygens (including phenoxy) is 1. The van der Waals surface area contributed by atoms with E-state index >= 15 is 0 Å². The van der Waals surface area contributed by atoms with Crippen molar-refractivity contribution in [2.24, 2.45) is 0 Å². The number of anilines is 2. The minimum absolute atomic E-state index is 0.0754. The van der Waals surface area contributed by atoms with Gasteiger partial charge >= 0.3 is 0 Å². The van der Waals surface area contributed by atoms with Crippen molar-refractivity contribution in [1.82, 2.24) is 15.1 Å². The van der Waals surface area contributed by atoms with Crippen LogP contribution in [0.25, 0.3) is 0 Å². The second-order valence-electron chi connectivity index (χ2n) is 8.45. The summed E-state index contributed by atoms with van der Waals surface area (Å²) in [5, 5.41) is 5.58. The molecular weight excluding hydrogens is 434 g/mol. The SMILES string of the molecule is COc1ccccc1N1CCN(CC(=O)N2CCNC(=O)[C@H]2CC(=O)Nc2ccccc2)CC1. The van der Waals surface area contributed by atoms with Crippen molar-refractivity contribution in [2.75, 3.05) is 63.1 Å². The van der Waals surface area contributed by atoms with Crippen LogP contribution in [0.3, 0.4) is 0 Å². The van der Waals surface area contributed by atoms with Crippen LogP contribution in [0.1, 0.15) is 6.42 Å². The molecule has 2 N–H and O–H groups in total. The van der Waals surface area contributed by atoms with Crippen LogP contribution in [0.5, 0.6) is 5.75 Å². The summed E-state index contributed by atoms with van der Waals surface area (Å²) >= 11 is 0. The lowest BCUT2D eigenvalue weighted by molar-refractivity contribution is -0.145. The summed E-state index contributed by atoms with van der Waals surface area (Å²) in [6.45, 7) is 4.02. The molecule has 2 aromatic rings. The second-order valence-corrected chi connectivity index (χ2v) is 8.45. The van der Waals surface area contributed by atoms with Crippen LogP contribution in [0.15, 0.2) is 54.6 Å². The van der Waals surface area contributed by atoms with Gasteiger partial charge in [0.15, 0.2) is 0 Å². The summed E-state index contributed by atoms with van der Waals surface area (Å²) in [6.07, 6.45) is -0.0754. The van der Waals surface area contributed by atoms with Gasteiger partial charge in [0.05, 0.1) is 25.8 Å². The van der Waals surface area contributed by atoms with Crippen molar-refractivity contribution in [2.45, 2.75) is 12.5 Å². The van der Waals surface area contributed by atoms with Gasteiger partial charge in [-0.05, 0) is 24.3 Å². The molecule has 0 bridgehead atoms. The first-order valence-electron chi connectivity index (χ1n) is 11.6. The number of carbonyl (C=O) groups excluding carboxylic acids is 3. The number of hydrogen-bond acceptors (Lipinski definition) is 6. The van der Waals surface area contributed by atoms with Gasteiger partial charge in [-0.2, -0.15) is 0 Å². The van der Waals surface area contributed by atoms with E-state index < -0.39 is 6.04 Å². The zero-order chi connectivity index (χ0) is 23.9. The summed E-state index contributed by atoms with van der Waals surface area (Å²) < 4.78 is 5.47. The van der Waals surface area contributed by atoms with E-state index in [4.69, 9.17) is 4.74 Å². The lowest BCUT2D eigenvalue weighted by atomic mass is 10.1. The van der Waals surface area contributed by atoms with Gasteiger partial charge in [-0.3, -0.25) is 19.3 Å². The number of para-hydroxylation sites is 3. The van der Waals surface area contributed by atoms with Gasteiger partial charge in [0.1, 0.15) is 11.8 Å². The van der Waals surface area contributed by atoms with Crippen LogP contribution < -0.4 is 20.3 Å². The fourth-order valence-corrected chi connectivity index (χ4v) is 4.45. The largest absolute Gasteiger partial charge is 0.495 e. The molecule has 2 aromatic carbocycles. The number of hydrogen-bond donors (Lipinski definition) is 2. The molecule has 4 rings (SSSR count). The lowest BCUT2D eigenvalue weighted by Gasteiger charge is -2.39. The van der Waals surface area contributed by atoms with Crippen molar-refractivity contribution in [3.63, 3.8) is 0 Å². The van der Waals surface area contributed by atoms with Gasteiger partial charge in [-0.25, -0.2) is 0 Å². The Morgan fingerprint density at radius 1 is 1.00 bits per heavy atom. The zero-order valence-corrected chi connectivity index (χ0v) is 19.4. The summed E-state index contributed by atoms with van der Waals surface area (Å²) in [5.41, 5.74) is 1.71. The van der Waals surface area contributed by atoms with E-state index in [-0.39, 0.29) is 30.7 Å². The minimum atomic E-state index is -0.806. The Labute approximate surface area is 199 Å². The number of methoxy groups -OCH3 is 1. The molecule has 0 unspecified atom stereocenters. The summed E-state index contributed by atoms with van der Waals surface area (Å²) in [4.78, 5) is 44.1. The third kappa shape index (κ3) is 5.66. The predicted molar refractivity (Wildman–Crippen MR) is 130 cm³/mol. The molecule has 0 radical (unpaired) electrons. The van der Waals surface area contributed by atoms with Crippen LogP contribution >= 0.6 is 0 Å². The number of nitrogens with zero attached hydrogens (tertiary/aromatic N) is 3. The molecule has 9 heteroatoms. The number of benzene rings is 2. The third-order valence-electron chi connectivity index (χ3n) is 6.24. The normalized spacial score (nSPS) is 18.9. The Morgan fingerprint density at radius 2 is 1.71 bits per heavy atom. The maximum atomic E-state index is 13.2. The standard InChI is InChI=1S/C25H31N5O4/c1-34-22-10-6-5-9-20(22)29-15-13-28(14-16-29)18-24(32)30-12-11-26-25(33)21(30)17-23(31)27-19-7-3-2-4-8-19/h2-10,21H,11-18H2,1H3,(H,26,33)(H,27,31)/t21-/m1/s1. The maximum absolute atomic E-state index is 13.2. The Kier molecular flexibility index (Phi) is 7.64. The number of nitrogens with one attached hydrogen (secondary N) is 2. The minimum Gasteiger partial charge on any atom is -0.495 e. The van der Waals surface area contributed by atoms with E-state index in [2.05, 4.69) is 20.4 Å². The van der Waals surface area contributed by atoms with Crippen molar-refractivity contribution >= 4 is 29.1 Å². The first-order valence-corrected chi connectivity index (χ1v) is 11.6. The Morgan fingerprint density at radius 3 is 2.44 bits per heavy atom. The smallest absolute Gasteiger partial charge is 0.243 e. The molecule has 2 heterocycles. The van der Waals surface area contributed by atoms with Crippen molar-refractivity contribution in [3.8, 4) is 5.75 Å². The number of carbonyl (C=O) groups is 3.